The fourth-order valence-electron chi connectivity index (χ4n) is 3.44. The van der Waals surface area contributed by atoms with E-state index < -0.39 is 0 Å². The van der Waals surface area contributed by atoms with Gasteiger partial charge in [-0.15, -0.1) is 0 Å². The van der Waals surface area contributed by atoms with Crippen molar-refractivity contribution in [3.63, 3.8) is 0 Å². The SMILES string of the molecule is Cc1cc(-n2ccnc2)ccc1CN1CCC(OCc2ccncc2)C1. The van der Waals surface area contributed by atoms with E-state index in [1.54, 1.807) is 6.20 Å². The Bertz CT molecular complexity index is 832. The molecule has 0 spiro atoms. The van der Waals surface area contributed by atoms with Crippen LogP contribution in [0.4, 0.5) is 0 Å². The molecular formula is C21H24N4O. The molecule has 1 atom stereocenters. The van der Waals surface area contributed by atoms with Gasteiger partial charge in [-0.2, -0.15) is 0 Å². The fraction of sp³-hybridized carbons (Fsp3) is 0.333. The molecule has 1 aliphatic rings. The quantitative estimate of drug-likeness (QED) is 0.685. The van der Waals surface area contributed by atoms with Gasteiger partial charge in [-0.25, -0.2) is 4.98 Å². The van der Waals surface area contributed by atoms with E-state index in [1.807, 2.05) is 41.6 Å². The van der Waals surface area contributed by atoms with Gasteiger partial charge in [-0.3, -0.25) is 9.88 Å². The van der Waals surface area contributed by atoms with E-state index in [0.717, 1.165) is 31.7 Å². The predicted octanol–water partition coefficient (Wildman–Crippen LogP) is 3.37. The van der Waals surface area contributed by atoms with E-state index in [1.165, 1.54) is 16.7 Å². The van der Waals surface area contributed by atoms with Crippen LogP contribution in [0.3, 0.4) is 0 Å². The highest BCUT2D eigenvalue weighted by Crippen LogP contribution is 2.21. The number of aryl methyl sites for hydroxylation is 1. The number of imidazole rings is 1. The highest BCUT2D eigenvalue weighted by molar-refractivity contribution is 5.40. The molecule has 1 aromatic carbocycles. The van der Waals surface area contributed by atoms with Gasteiger partial charge in [0.2, 0.25) is 0 Å². The number of rotatable bonds is 6. The third-order valence-corrected chi connectivity index (χ3v) is 4.99. The second kappa shape index (κ2) is 7.81. The average molecular weight is 348 g/mol. The Morgan fingerprint density at radius 3 is 2.77 bits per heavy atom. The maximum atomic E-state index is 6.08. The predicted molar refractivity (Wildman–Crippen MR) is 101 cm³/mol. The second-order valence-corrected chi connectivity index (χ2v) is 6.89. The molecule has 4 rings (SSSR count). The van der Waals surface area contributed by atoms with Crippen molar-refractivity contribution in [2.75, 3.05) is 13.1 Å². The number of pyridine rings is 1. The first-order valence-corrected chi connectivity index (χ1v) is 9.08. The lowest BCUT2D eigenvalue weighted by molar-refractivity contribution is 0.0461. The summed E-state index contributed by atoms with van der Waals surface area (Å²) in [6.45, 7) is 5.91. The Morgan fingerprint density at radius 2 is 2.00 bits per heavy atom. The van der Waals surface area contributed by atoms with Gasteiger partial charge in [0.05, 0.1) is 19.0 Å². The zero-order valence-corrected chi connectivity index (χ0v) is 15.1. The van der Waals surface area contributed by atoms with Gasteiger partial charge in [-0.1, -0.05) is 6.07 Å². The van der Waals surface area contributed by atoms with Gasteiger partial charge in [0.1, 0.15) is 0 Å². The van der Waals surface area contributed by atoms with Gasteiger partial charge < -0.3 is 9.30 Å². The number of ether oxygens (including phenoxy) is 1. The molecule has 3 aromatic rings. The lowest BCUT2D eigenvalue weighted by Gasteiger charge is -2.18. The van der Waals surface area contributed by atoms with E-state index >= 15 is 0 Å². The average Bonchev–Trinajstić information content (AvgIpc) is 3.35. The zero-order valence-electron chi connectivity index (χ0n) is 15.1. The molecule has 0 radical (unpaired) electrons. The zero-order chi connectivity index (χ0) is 17.8. The number of benzene rings is 1. The Kier molecular flexibility index (Phi) is 5.09. The van der Waals surface area contributed by atoms with Crippen molar-refractivity contribution in [1.29, 1.82) is 0 Å². The summed E-state index contributed by atoms with van der Waals surface area (Å²) in [6, 6.07) is 10.6. The molecule has 1 aliphatic heterocycles. The summed E-state index contributed by atoms with van der Waals surface area (Å²) in [5.41, 5.74) is 5.04. The molecule has 1 saturated heterocycles. The standard InChI is InChI=1S/C21H24N4O/c1-17-12-20(25-11-9-23-16-25)3-2-19(17)13-24-10-6-21(14-24)26-15-18-4-7-22-8-5-18/h2-5,7-9,11-12,16,21H,6,10,13-15H2,1H3. The first-order valence-electron chi connectivity index (χ1n) is 9.08. The minimum absolute atomic E-state index is 0.314. The van der Waals surface area contributed by atoms with Crippen molar-refractivity contribution in [3.05, 3.63) is 78.1 Å². The van der Waals surface area contributed by atoms with Crippen molar-refractivity contribution < 1.29 is 4.74 Å². The van der Waals surface area contributed by atoms with E-state index in [-0.39, 0.29) is 0 Å². The van der Waals surface area contributed by atoms with E-state index in [4.69, 9.17) is 4.74 Å². The molecule has 26 heavy (non-hydrogen) atoms. The molecule has 0 N–H and O–H groups in total. The molecule has 1 fully saturated rings. The van der Waals surface area contributed by atoms with Crippen LogP contribution < -0.4 is 0 Å². The molecule has 5 nitrogen and oxygen atoms in total. The molecule has 134 valence electrons. The molecule has 5 heteroatoms. The summed E-state index contributed by atoms with van der Waals surface area (Å²) in [5.74, 6) is 0. The van der Waals surface area contributed by atoms with Crippen LogP contribution in [0.25, 0.3) is 5.69 Å². The van der Waals surface area contributed by atoms with Crippen molar-refractivity contribution in [3.8, 4) is 5.69 Å². The van der Waals surface area contributed by atoms with Gasteiger partial charge in [0.15, 0.2) is 0 Å². The van der Waals surface area contributed by atoms with Crippen LogP contribution in [-0.4, -0.2) is 38.6 Å². The number of likely N-dealkylation sites (tertiary alicyclic amines) is 1. The number of hydrogen-bond acceptors (Lipinski definition) is 4. The van der Waals surface area contributed by atoms with Crippen LogP contribution >= 0.6 is 0 Å². The smallest absolute Gasteiger partial charge is 0.0991 e. The largest absolute Gasteiger partial charge is 0.372 e. The molecule has 0 saturated carbocycles. The van der Waals surface area contributed by atoms with Crippen molar-refractivity contribution >= 4 is 0 Å². The van der Waals surface area contributed by atoms with Crippen LogP contribution in [0.5, 0.6) is 0 Å². The number of aromatic nitrogens is 3. The molecule has 1 unspecified atom stereocenters. The fourth-order valence-corrected chi connectivity index (χ4v) is 3.44. The molecule has 0 aliphatic carbocycles. The first kappa shape index (κ1) is 16.9. The minimum atomic E-state index is 0.314. The van der Waals surface area contributed by atoms with Crippen LogP contribution in [0.15, 0.2) is 61.4 Å². The molecular weight excluding hydrogens is 324 g/mol. The lowest BCUT2D eigenvalue weighted by atomic mass is 10.1. The van der Waals surface area contributed by atoms with E-state index in [9.17, 15) is 0 Å². The van der Waals surface area contributed by atoms with E-state index in [2.05, 4.69) is 40.0 Å². The van der Waals surface area contributed by atoms with Gasteiger partial charge >= 0.3 is 0 Å². The molecule has 0 bridgehead atoms. The van der Waals surface area contributed by atoms with Crippen LogP contribution in [0.1, 0.15) is 23.1 Å². The van der Waals surface area contributed by atoms with Crippen LogP contribution in [0.2, 0.25) is 0 Å². The second-order valence-electron chi connectivity index (χ2n) is 6.89. The summed E-state index contributed by atoms with van der Waals surface area (Å²) in [5, 5.41) is 0. The maximum absolute atomic E-state index is 6.08. The Morgan fingerprint density at radius 1 is 1.12 bits per heavy atom. The van der Waals surface area contributed by atoms with Crippen LogP contribution in [0, 0.1) is 6.92 Å². The van der Waals surface area contributed by atoms with E-state index in [0.29, 0.717) is 12.7 Å². The Labute approximate surface area is 154 Å². The number of nitrogens with zero attached hydrogens (tertiary/aromatic N) is 4. The Balaban J connectivity index is 1.32. The Hall–Kier alpha value is -2.50. The summed E-state index contributed by atoms with van der Waals surface area (Å²) in [6.07, 6.45) is 10.6. The van der Waals surface area contributed by atoms with Crippen molar-refractivity contribution in [1.82, 2.24) is 19.4 Å². The molecule has 2 aromatic heterocycles. The lowest BCUT2D eigenvalue weighted by Crippen LogP contribution is -2.23. The van der Waals surface area contributed by atoms with Gasteiger partial charge in [-0.05, 0) is 54.3 Å². The third-order valence-electron chi connectivity index (χ3n) is 4.99. The molecule has 0 amide bonds. The highest BCUT2D eigenvalue weighted by atomic mass is 16.5. The summed E-state index contributed by atoms with van der Waals surface area (Å²) in [7, 11) is 0. The normalized spacial score (nSPS) is 17.7. The van der Waals surface area contributed by atoms with Gasteiger partial charge in [0, 0.05) is 50.1 Å². The molecule has 3 heterocycles. The van der Waals surface area contributed by atoms with Crippen molar-refractivity contribution in [2.24, 2.45) is 0 Å². The highest BCUT2D eigenvalue weighted by Gasteiger charge is 2.23. The summed E-state index contributed by atoms with van der Waals surface area (Å²) >= 11 is 0. The number of hydrogen-bond donors (Lipinski definition) is 0. The van der Waals surface area contributed by atoms with Gasteiger partial charge in [0.25, 0.3) is 0 Å². The third kappa shape index (κ3) is 4.00. The van der Waals surface area contributed by atoms with Crippen LogP contribution in [-0.2, 0) is 17.9 Å². The van der Waals surface area contributed by atoms with Crippen molar-refractivity contribution in [2.45, 2.75) is 32.6 Å². The minimum Gasteiger partial charge on any atom is -0.372 e. The maximum Gasteiger partial charge on any atom is 0.0991 e. The summed E-state index contributed by atoms with van der Waals surface area (Å²) in [4.78, 5) is 10.6. The summed E-state index contributed by atoms with van der Waals surface area (Å²) < 4.78 is 8.11. The topological polar surface area (TPSA) is 43.2 Å². The first-order chi connectivity index (χ1) is 12.8. The monoisotopic (exact) mass is 348 g/mol.